The summed E-state index contributed by atoms with van der Waals surface area (Å²) < 4.78 is 4.96. The maximum Gasteiger partial charge on any atom is 0.341 e. The lowest BCUT2D eigenvalue weighted by Gasteiger charge is -2.09. The van der Waals surface area contributed by atoms with Crippen LogP contribution in [0, 0.1) is 6.92 Å². The molecule has 4 nitrogen and oxygen atoms in total. The van der Waals surface area contributed by atoms with E-state index in [0.29, 0.717) is 23.7 Å². The Hall–Kier alpha value is -1.94. The number of carbonyl (C=O) groups is 1. The number of aryl methyl sites for hydroxylation is 1. The number of ether oxygens (including phenoxy) is 1. The fourth-order valence-corrected chi connectivity index (χ4v) is 2.06. The van der Waals surface area contributed by atoms with E-state index in [1.807, 2.05) is 31.2 Å². The minimum Gasteiger partial charge on any atom is -0.462 e. The lowest BCUT2D eigenvalue weighted by Crippen LogP contribution is -2.10. The number of alkyl halides is 1. The Labute approximate surface area is 122 Å². The molecule has 1 heterocycles. The van der Waals surface area contributed by atoms with Gasteiger partial charge in [0, 0.05) is 11.8 Å². The molecule has 1 aromatic carbocycles. The molecule has 0 unspecified atom stereocenters. The lowest BCUT2D eigenvalue weighted by atomic mass is 10.1. The van der Waals surface area contributed by atoms with Crippen LogP contribution < -0.4 is 0 Å². The molecule has 0 atom stereocenters. The predicted octanol–water partition coefficient (Wildman–Crippen LogP) is 3.37. The second kappa shape index (κ2) is 6.48. The van der Waals surface area contributed by atoms with Crippen molar-refractivity contribution in [3.8, 4) is 11.4 Å². The highest BCUT2D eigenvalue weighted by Crippen LogP contribution is 2.21. The normalized spacial score (nSPS) is 10.3. The first-order valence-electron chi connectivity index (χ1n) is 6.32. The minimum absolute atomic E-state index is 0.134. The third-order valence-corrected chi connectivity index (χ3v) is 3.13. The monoisotopic (exact) mass is 290 g/mol. The fraction of sp³-hybridized carbons (Fsp3) is 0.267. The number of rotatable bonds is 4. The molecule has 104 valence electrons. The van der Waals surface area contributed by atoms with E-state index in [1.54, 1.807) is 6.92 Å². The van der Waals surface area contributed by atoms with Gasteiger partial charge in [-0.15, -0.1) is 11.6 Å². The van der Waals surface area contributed by atoms with Crippen molar-refractivity contribution in [3.63, 3.8) is 0 Å². The molecule has 1 aromatic heterocycles. The number of hydrogen-bond acceptors (Lipinski definition) is 4. The Morgan fingerprint density at radius 3 is 2.75 bits per heavy atom. The minimum atomic E-state index is -0.445. The molecule has 0 N–H and O–H groups in total. The van der Waals surface area contributed by atoms with Gasteiger partial charge in [-0.1, -0.05) is 24.3 Å². The van der Waals surface area contributed by atoms with Crippen molar-refractivity contribution in [2.75, 3.05) is 6.61 Å². The number of hydrogen-bond donors (Lipinski definition) is 0. The summed E-state index contributed by atoms with van der Waals surface area (Å²) in [5.74, 6) is 0.251. The molecular weight excluding hydrogens is 276 g/mol. The molecule has 0 aliphatic heterocycles. The fourth-order valence-electron chi connectivity index (χ4n) is 1.85. The predicted molar refractivity (Wildman–Crippen MR) is 77.7 cm³/mol. The van der Waals surface area contributed by atoms with Crippen LogP contribution in [0.3, 0.4) is 0 Å². The number of carbonyl (C=O) groups excluding carboxylic acids is 1. The molecule has 0 spiro atoms. The highest BCUT2D eigenvalue weighted by Gasteiger charge is 2.16. The molecule has 0 saturated heterocycles. The maximum absolute atomic E-state index is 11.8. The van der Waals surface area contributed by atoms with Crippen LogP contribution in [0.5, 0.6) is 0 Å². The van der Waals surface area contributed by atoms with E-state index in [9.17, 15) is 4.79 Å². The number of halogens is 1. The van der Waals surface area contributed by atoms with Gasteiger partial charge in [0.2, 0.25) is 0 Å². The molecule has 0 bridgehead atoms. The average Bonchev–Trinajstić information content (AvgIpc) is 2.47. The van der Waals surface area contributed by atoms with Gasteiger partial charge in [-0.25, -0.2) is 14.8 Å². The van der Waals surface area contributed by atoms with Gasteiger partial charge in [0.25, 0.3) is 0 Å². The molecule has 20 heavy (non-hydrogen) atoms. The summed E-state index contributed by atoms with van der Waals surface area (Å²) in [6.45, 7) is 4.04. The zero-order valence-corrected chi connectivity index (χ0v) is 12.1. The Bertz CT molecular complexity index is 629. The third kappa shape index (κ3) is 2.96. The molecule has 5 heteroatoms. The molecule has 2 rings (SSSR count). The van der Waals surface area contributed by atoms with E-state index in [1.165, 1.54) is 6.20 Å². The van der Waals surface area contributed by atoms with E-state index >= 15 is 0 Å². The maximum atomic E-state index is 11.8. The van der Waals surface area contributed by atoms with Crippen molar-refractivity contribution in [3.05, 3.63) is 47.3 Å². The molecule has 0 saturated carbocycles. The van der Waals surface area contributed by atoms with Crippen LogP contribution in [0.15, 0.2) is 30.5 Å². The van der Waals surface area contributed by atoms with Gasteiger partial charge >= 0.3 is 5.97 Å². The van der Waals surface area contributed by atoms with Crippen LogP contribution in [-0.2, 0) is 10.6 Å². The Morgan fingerprint density at radius 1 is 1.35 bits per heavy atom. The van der Waals surface area contributed by atoms with Crippen LogP contribution in [0.2, 0.25) is 0 Å². The van der Waals surface area contributed by atoms with Crippen LogP contribution >= 0.6 is 11.6 Å². The van der Waals surface area contributed by atoms with Gasteiger partial charge in [0.05, 0.1) is 18.2 Å². The zero-order chi connectivity index (χ0) is 14.5. The largest absolute Gasteiger partial charge is 0.462 e. The SMILES string of the molecule is CCOC(=O)c1cnc(-c2ccccc2C)nc1CCl. The number of nitrogens with zero attached hydrogens (tertiary/aromatic N) is 2. The van der Waals surface area contributed by atoms with Crippen molar-refractivity contribution in [2.24, 2.45) is 0 Å². The molecule has 0 amide bonds. The summed E-state index contributed by atoms with van der Waals surface area (Å²) in [6, 6.07) is 7.80. The average molecular weight is 291 g/mol. The van der Waals surface area contributed by atoms with Crippen LogP contribution in [0.25, 0.3) is 11.4 Å². The standard InChI is InChI=1S/C15H15ClN2O2/c1-3-20-15(19)12-9-17-14(18-13(12)8-16)11-7-5-4-6-10(11)2/h4-7,9H,3,8H2,1-2H3. The van der Waals surface area contributed by atoms with E-state index < -0.39 is 5.97 Å². The van der Waals surface area contributed by atoms with Gasteiger partial charge < -0.3 is 4.74 Å². The van der Waals surface area contributed by atoms with Crippen molar-refractivity contribution < 1.29 is 9.53 Å². The quantitative estimate of drug-likeness (QED) is 0.640. The number of benzene rings is 1. The number of aromatic nitrogens is 2. The van der Waals surface area contributed by atoms with E-state index in [0.717, 1.165) is 11.1 Å². The van der Waals surface area contributed by atoms with Gasteiger partial charge in [-0.2, -0.15) is 0 Å². The van der Waals surface area contributed by atoms with Gasteiger partial charge in [0.1, 0.15) is 5.56 Å². The topological polar surface area (TPSA) is 52.1 Å². The van der Waals surface area contributed by atoms with E-state index in [-0.39, 0.29) is 5.88 Å². The molecule has 0 aliphatic carbocycles. The van der Waals surface area contributed by atoms with Gasteiger partial charge in [-0.05, 0) is 19.4 Å². The van der Waals surface area contributed by atoms with Gasteiger partial charge in [-0.3, -0.25) is 0 Å². The molecule has 0 aliphatic rings. The van der Waals surface area contributed by atoms with Crippen molar-refractivity contribution in [1.29, 1.82) is 0 Å². The van der Waals surface area contributed by atoms with Crippen LogP contribution in [0.1, 0.15) is 28.5 Å². The number of esters is 1. The summed E-state index contributed by atoms with van der Waals surface area (Å²) >= 11 is 5.88. The smallest absolute Gasteiger partial charge is 0.341 e. The van der Waals surface area contributed by atoms with E-state index in [4.69, 9.17) is 16.3 Å². The van der Waals surface area contributed by atoms with Gasteiger partial charge in [0.15, 0.2) is 5.82 Å². The van der Waals surface area contributed by atoms with Crippen molar-refractivity contribution in [1.82, 2.24) is 9.97 Å². The second-order valence-electron chi connectivity index (χ2n) is 4.22. The first-order valence-corrected chi connectivity index (χ1v) is 6.85. The molecule has 0 fully saturated rings. The summed E-state index contributed by atoms with van der Waals surface area (Å²) in [7, 11) is 0. The Kier molecular flexibility index (Phi) is 4.69. The van der Waals surface area contributed by atoms with E-state index in [2.05, 4.69) is 9.97 Å². The summed E-state index contributed by atoms with van der Waals surface area (Å²) in [5, 5.41) is 0. The Morgan fingerprint density at radius 2 is 2.10 bits per heavy atom. The summed E-state index contributed by atoms with van der Waals surface area (Å²) in [4.78, 5) is 20.4. The highest BCUT2D eigenvalue weighted by atomic mass is 35.5. The molecule has 2 aromatic rings. The summed E-state index contributed by atoms with van der Waals surface area (Å²) in [5.41, 5.74) is 2.80. The van der Waals surface area contributed by atoms with Crippen molar-refractivity contribution in [2.45, 2.75) is 19.7 Å². The lowest BCUT2D eigenvalue weighted by molar-refractivity contribution is 0.0524. The van der Waals surface area contributed by atoms with Crippen LogP contribution in [-0.4, -0.2) is 22.5 Å². The highest BCUT2D eigenvalue weighted by molar-refractivity contribution is 6.17. The summed E-state index contributed by atoms with van der Waals surface area (Å²) in [6.07, 6.45) is 1.48. The first-order chi connectivity index (χ1) is 9.67. The molecule has 0 radical (unpaired) electrons. The van der Waals surface area contributed by atoms with Crippen LogP contribution in [0.4, 0.5) is 0 Å². The first kappa shape index (κ1) is 14.5. The zero-order valence-electron chi connectivity index (χ0n) is 11.4. The Balaban J connectivity index is 2.45. The van der Waals surface area contributed by atoms with Crippen molar-refractivity contribution >= 4 is 17.6 Å². The second-order valence-corrected chi connectivity index (χ2v) is 4.49. The molecular formula is C15H15ClN2O2. The third-order valence-electron chi connectivity index (χ3n) is 2.88.